The molecule has 4 nitrogen and oxygen atoms in total. The Morgan fingerprint density at radius 1 is 1.30 bits per heavy atom. The number of benzene rings is 1. The molecule has 0 saturated carbocycles. The third-order valence-electron chi connectivity index (χ3n) is 3.04. The predicted molar refractivity (Wildman–Crippen MR) is 81.6 cm³/mol. The molecular weight excluding hydrogens is 272 g/mol. The number of nitriles is 2. The molecule has 106 valence electrons. The third-order valence-corrected chi connectivity index (χ3v) is 3.37. The van der Waals surface area contributed by atoms with Gasteiger partial charge in [0.25, 0.3) is 0 Å². The molecule has 5 heteroatoms. The van der Waals surface area contributed by atoms with Crippen LogP contribution in [0.15, 0.2) is 18.2 Å². The molecule has 1 rings (SSSR count). The Bertz CT molecular complexity index is 500. The summed E-state index contributed by atoms with van der Waals surface area (Å²) in [7, 11) is 0. The Labute approximate surface area is 125 Å². The number of nitrogens with zero attached hydrogens (tertiary/aromatic N) is 3. The fourth-order valence-electron chi connectivity index (χ4n) is 1.94. The van der Waals surface area contributed by atoms with Crippen LogP contribution in [0.3, 0.4) is 0 Å². The van der Waals surface area contributed by atoms with Crippen molar-refractivity contribution in [2.75, 3.05) is 24.5 Å². The van der Waals surface area contributed by atoms with Gasteiger partial charge in [0.15, 0.2) is 0 Å². The van der Waals surface area contributed by atoms with Gasteiger partial charge in [-0.25, -0.2) is 0 Å². The quantitative estimate of drug-likeness (QED) is 0.783. The van der Waals surface area contributed by atoms with E-state index in [9.17, 15) is 0 Å². The summed E-state index contributed by atoms with van der Waals surface area (Å²) in [5.41, 5.74) is 1.82. The van der Waals surface area contributed by atoms with E-state index in [1.165, 1.54) is 0 Å². The van der Waals surface area contributed by atoms with Gasteiger partial charge in [0.05, 0.1) is 12.1 Å². The van der Waals surface area contributed by atoms with Crippen molar-refractivity contribution in [2.24, 2.45) is 0 Å². The van der Waals surface area contributed by atoms with Crippen LogP contribution in [0.25, 0.3) is 0 Å². The number of nitrogens with one attached hydrogen (secondary N) is 1. The van der Waals surface area contributed by atoms with E-state index < -0.39 is 0 Å². The molecule has 0 radical (unpaired) electrons. The van der Waals surface area contributed by atoms with Crippen molar-refractivity contribution in [1.82, 2.24) is 5.32 Å². The standard InChI is InChI=1S/C15H19ClN4/c1-3-8-19-12(2)14-5-4-13(11-15(14)16)20(9-6-17)10-7-18/h4-5,11-12,19H,3,8-10H2,1-2H3. The molecule has 0 aliphatic carbocycles. The van der Waals surface area contributed by atoms with Crippen LogP contribution in [0, 0.1) is 22.7 Å². The highest BCUT2D eigenvalue weighted by Gasteiger charge is 2.12. The summed E-state index contributed by atoms with van der Waals surface area (Å²) in [5.74, 6) is 0. The van der Waals surface area contributed by atoms with Crippen molar-refractivity contribution in [3.63, 3.8) is 0 Å². The van der Waals surface area contributed by atoms with Crippen molar-refractivity contribution in [1.29, 1.82) is 10.5 Å². The number of halogens is 1. The first-order chi connectivity index (χ1) is 9.63. The zero-order valence-electron chi connectivity index (χ0n) is 11.9. The molecule has 0 aromatic heterocycles. The minimum atomic E-state index is 0.173. The van der Waals surface area contributed by atoms with Gasteiger partial charge in [0, 0.05) is 16.8 Å². The molecule has 1 aromatic rings. The summed E-state index contributed by atoms with van der Waals surface area (Å²) >= 11 is 6.32. The monoisotopic (exact) mass is 290 g/mol. The Morgan fingerprint density at radius 2 is 1.95 bits per heavy atom. The molecule has 0 amide bonds. The van der Waals surface area contributed by atoms with Gasteiger partial charge in [-0.3, -0.25) is 0 Å². The SMILES string of the molecule is CCCNC(C)c1ccc(N(CC#N)CC#N)cc1Cl. The average Bonchev–Trinajstić information content (AvgIpc) is 2.44. The summed E-state index contributed by atoms with van der Waals surface area (Å²) in [4.78, 5) is 1.69. The number of rotatable bonds is 7. The lowest BCUT2D eigenvalue weighted by Crippen LogP contribution is -2.24. The zero-order chi connectivity index (χ0) is 15.0. The molecule has 1 N–H and O–H groups in total. The Kier molecular flexibility index (Phi) is 6.87. The first kappa shape index (κ1) is 16.3. The topological polar surface area (TPSA) is 62.9 Å². The maximum Gasteiger partial charge on any atom is 0.106 e. The van der Waals surface area contributed by atoms with E-state index in [1.807, 2.05) is 18.2 Å². The molecule has 0 saturated heterocycles. The van der Waals surface area contributed by atoms with Gasteiger partial charge in [0.1, 0.15) is 13.1 Å². The number of hydrogen-bond acceptors (Lipinski definition) is 4. The van der Waals surface area contributed by atoms with Gasteiger partial charge >= 0.3 is 0 Å². The van der Waals surface area contributed by atoms with Crippen molar-refractivity contribution in [3.8, 4) is 12.1 Å². The fraction of sp³-hybridized carbons (Fsp3) is 0.467. The van der Waals surface area contributed by atoms with Crippen molar-refractivity contribution in [3.05, 3.63) is 28.8 Å². The van der Waals surface area contributed by atoms with E-state index in [0.29, 0.717) is 5.02 Å². The van der Waals surface area contributed by atoms with E-state index in [4.69, 9.17) is 22.1 Å². The number of anilines is 1. The fourth-order valence-corrected chi connectivity index (χ4v) is 2.28. The molecular formula is C15H19ClN4. The zero-order valence-corrected chi connectivity index (χ0v) is 12.6. The van der Waals surface area contributed by atoms with E-state index in [1.54, 1.807) is 4.90 Å². The minimum Gasteiger partial charge on any atom is -0.345 e. The summed E-state index contributed by atoms with van der Waals surface area (Å²) in [5, 5.41) is 21.6. The summed E-state index contributed by atoms with van der Waals surface area (Å²) in [6.07, 6.45) is 1.07. The maximum atomic E-state index is 8.79. The van der Waals surface area contributed by atoms with Crippen LogP contribution in [0.2, 0.25) is 5.02 Å². The lowest BCUT2D eigenvalue weighted by Gasteiger charge is -2.21. The molecule has 1 atom stereocenters. The summed E-state index contributed by atoms with van der Waals surface area (Å²) in [6, 6.07) is 9.96. The highest BCUT2D eigenvalue weighted by atomic mass is 35.5. The van der Waals surface area contributed by atoms with Crippen LogP contribution in [0.4, 0.5) is 5.69 Å². The predicted octanol–water partition coefficient (Wildman–Crippen LogP) is 3.25. The highest BCUT2D eigenvalue weighted by Crippen LogP contribution is 2.27. The van der Waals surface area contributed by atoms with Gasteiger partial charge in [-0.1, -0.05) is 24.6 Å². The van der Waals surface area contributed by atoms with Gasteiger partial charge in [-0.15, -0.1) is 0 Å². The molecule has 0 spiro atoms. The third kappa shape index (κ3) is 4.42. The summed E-state index contributed by atoms with van der Waals surface area (Å²) in [6.45, 7) is 5.47. The van der Waals surface area contributed by atoms with Crippen molar-refractivity contribution in [2.45, 2.75) is 26.3 Å². The van der Waals surface area contributed by atoms with Crippen LogP contribution in [-0.2, 0) is 0 Å². The molecule has 0 bridgehead atoms. The largest absolute Gasteiger partial charge is 0.345 e. The Hall–Kier alpha value is -1.75. The van der Waals surface area contributed by atoms with Crippen molar-refractivity contribution < 1.29 is 0 Å². The molecule has 1 aromatic carbocycles. The second kappa shape index (κ2) is 8.43. The first-order valence-electron chi connectivity index (χ1n) is 6.65. The molecule has 0 aliphatic heterocycles. The average molecular weight is 291 g/mol. The summed E-state index contributed by atoms with van der Waals surface area (Å²) < 4.78 is 0. The highest BCUT2D eigenvalue weighted by molar-refractivity contribution is 6.31. The van der Waals surface area contributed by atoms with Crippen LogP contribution in [0.1, 0.15) is 31.9 Å². The molecule has 1 unspecified atom stereocenters. The smallest absolute Gasteiger partial charge is 0.106 e. The van der Waals surface area contributed by atoms with Gasteiger partial charge in [-0.05, 0) is 37.6 Å². The minimum absolute atomic E-state index is 0.173. The van der Waals surface area contributed by atoms with E-state index in [0.717, 1.165) is 24.2 Å². The van der Waals surface area contributed by atoms with E-state index in [2.05, 4.69) is 31.3 Å². The van der Waals surface area contributed by atoms with Gasteiger partial charge < -0.3 is 10.2 Å². The first-order valence-corrected chi connectivity index (χ1v) is 7.03. The molecule has 0 fully saturated rings. The normalized spacial score (nSPS) is 11.4. The second-order valence-electron chi connectivity index (χ2n) is 4.55. The van der Waals surface area contributed by atoms with Crippen molar-refractivity contribution >= 4 is 17.3 Å². The van der Waals surface area contributed by atoms with E-state index in [-0.39, 0.29) is 19.1 Å². The van der Waals surface area contributed by atoms with Crippen LogP contribution in [0.5, 0.6) is 0 Å². The lowest BCUT2D eigenvalue weighted by molar-refractivity contribution is 0.571. The maximum absolute atomic E-state index is 8.79. The second-order valence-corrected chi connectivity index (χ2v) is 4.96. The lowest BCUT2D eigenvalue weighted by atomic mass is 10.1. The molecule has 20 heavy (non-hydrogen) atoms. The molecule has 0 heterocycles. The van der Waals surface area contributed by atoms with Crippen LogP contribution >= 0.6 is 11.6 Å². The molecule has 0 aliphatic rings. The van der Waals surface area contributed by atoms with E-state index >= 15 is 0 Å². The Balaban J connectivity index is 2.91. The van der Waals surface area contributed by atoms with Crippen LogP contribution in [-0.4, -0.2) is 19.6 Å². The Morgan fingerprint density at radius 3 is 2.45 bits per heavy atom. The number of hydrogen-bond donors (Lipinski definition) is 1. The van der Waals surface area contributed by atoms with Crippen LogP contribution < -0.4 is 10.2 Å². The van der Waals surface area contributed by atoms with Gasteiger partial charge in [0.2, 0.25) is 0 Å². The van der Waals surface area contributed by atoms with Gasteiger partial charge in [-0.2, -0.15) is 10.5 Å².